The summed E-state index contributed by atoms with van der Waals surface area (Å²) in [4.78, 5) is 11.9. The number of carbonyl (C=O) groups excluding carboxylic acids is 1. The molecule has 0 aromatic heterocycles. The number of carbonyl (C=O) groups is 1. The Kier molecular flexibility index (Phi) is 39.3. The van der Waals surface area contributed by atoms with E-state index < -0.39 is 0 Å². The molecule has 0 radical (unpaired) electrons. The average molecular weight is 739 g/mol. The Morgan fingerprint density at radius 1 is 0.385 bits per heavy atom. The van der Waals surface area contributed by atoms with Crippen LogP contribution in [0.5, 0.6) is 0 Å². The minimum Gasteiger partial charge on any atom is -0.463 e. The van der Waals surface area contributed by atoms with Crippen LogP contribution in [0, 0.1) is 0 Å². The molecule has 0 N–H and O–H groups in total. The highest BCUT2D eigenvalue weighted by molar-refractivity contribution is 5.69. The first kappa shape index (κ1) is 48.4. The lowest BCUT2D eigenvalue weighted by atomic mass is 10.0. The summed E-state index contributed by atoms with van der Waals surface area (Å²) in [5, 5.41) is 0. The summed E-state index contributed by atoms with van der Waals surface area (Å²) >= 11 is 0. The summed E-state index contributed by atoms with van der Waals surface area (Å²) in [6, 6.07) is 10.1. The molecule has 0 aliphatic heterocycles. The van der Waals surface area contributed by atoms with Gasteiger partial charge in [0, 0.05) is 19.6 Å². The van der Waals surface area contributed by atoms with Crippen molar-refractivity contribution in [1.29, 1.82) is 0 Å². The molecular formula is C43H78O9. The van der Waals surface area contributed by atoms with Crippen LogP contribution in [-0.2, 0) is 49.3 Å². The van der Waals surface area contributed by atoms with E-state index in [1.165, 1.54) is 89.0 Å². The molecule has 0 saturated carbocycles. The fourth-order valence-electron chi connectivity index (χ4n) is 5.65. The summed E-state index contributed by atoms with van der Waals surface area (Å²) < 4.78 is 44.3. The van der Waals surface area contributed by atoms with Crippen molar-refractivity contribution in [1.82, 2.24) is 0 Å². The van der Waals surface area contributed by atoms with Gasteiger partial charge in [-0.2, -0.15) is 0 Å². The van der Waals surface area contributed by atoms with Gasteiger partial charge in [-0.15, -0.1) is 0 Å². The van der Waals surface area contributed by atoms with Crippen molar-refractivity contribution in [2.75, 3.05) is 92.5 Å². The Morgan fingerprint density at radius 3 is 1.17 bits per heavy atom. The molecule has 0 spiro atoms. The predicted octanol–water partition coefficient (Wildman–Crippen LogP) is 9.67. The van der Waals surface area contributed by atoms with Gasteiger partial charge in [0.15, 0.2) is 0 Å². The minimum atomic E-state index is -0.0895. The molecule has 0 amide bonds. The third-order valence-corrected chi connectivity index (χ3v) is 8.77. The molecule has 9 heteroatoms. The highest BCUT2D eigenvalue weighted by atomic mass is 16.6. The molecule has 1 aromatic rings. The van der Waals surface area contributed by atoms with E-state index >= 15 is 0 Å². The van der Waals surface area contributed by atoms with E-state index in [2.05, 4.69) is 6.92 Å². The Balaban J connectivity index is 1.64. The van der Waals surface area contributed by atoms with Gasteiger partial charge >= 0.3 is 5.97 Å². The molecule has 1 rings (SSSR count). The van der Waals surface area contributed by atoms with Crippen molar-refractivity contribution in [3.8, 4) is 0 Å². The third-order valence-electron chi connectivity index (χ3n) is 8.77. The van der Waals surface area contributed by atoms with Crippen LogP contribution in [0.25, 0.3) is 0 Å². The molecule has 0 atom stereocenters. The lowest BCUT2D eigenvalue weighted by Gasteiger charge is -2.08. The van der Waals surface area contributed by atoms with Gasteiger partial charge in [0.1, 0.15) is 6.61 Å². The lowest BCUT2D eigenvalue weighted by Crippen LogP contribution is -2.14. The summed E-state index contributed by atoms with van der Waals surface area (Å²) in [6.45, 7) is 10.7. The molecule has 52 heavy (non-hydrogen) atoms. The van der Waals surface area contributed by atoms with Crippen LogP contribution in [0.3, 0.4) is 0 Å². The number of benzene rings is 1. The van der Waals surface area contributed by atoms with Crippen LogP contribution >= 0.6 is 0 Å². The summed E-state index contributed by atoms with van der Waals surface area (Å²) in [5.74, 6) is -0.0895. The quantitative estimate of drug-likeness (QED) is 0.0480. The van der Waals surface area contributed by atoms with Gasteiger partial charge < -0.3 is 37.9 Å². The largest absolute Gasteiger partial charge is 0.463 e. The molecule has 304 valence electrons. The van der Waals surface area contributed by atoms with Crippen LogP contribution in [-0.4, -0.2) is 98.5 Å². The van der Waals surface area contributed by atoms with Crippen molar-refractivity contribution in [3.05, 3.63) is 35.9 Å². The second kappa shape index (κ2) is 42.2. The molecule has 0 saturated heterocycles. The van der Waals surface area contributed by atoms with Crippen LogP contribution < -0.4 is 0 Å². The Bertz CT molecular complexity index is 826. The first-order chi connectivity index (χ1) is 25.8. The lowest BCUT2D eigenvalue weighted by molar-refractivity contribution is -0.145. The standard InChI is InChI=1S/C43H78O9/c1-2-3-4-5-6-7-8-9-10-11-12-13-14-15-21-26-43(44)52-40-39-46-28-23-17-16-22-27-45-29-30-47-31-32-48-33-34-49-35-36-50-37-38-51-41-42-24-19-18-20-25-42/h18-20,24-25H,2-17,21-23,26-41H2,1H3. The van der Waals surface area contributed by atoms with Crippen molar-refractivity contribution in [3.63, 3.8) is 0 Å². The molecule has 0 aliphatic rings. The molecule has 9 nitrogen and oxygen atoms in total. The highest BCUT2D eigenvalue weighted by Crippen LogP contribution is 2.14. The summed E-state index contributed by atoms with van der Waals surface area (Å²) in [6.07, 6.45) is 24.7. The maximum absolute atomic E-state index is 11.9. The van der Waals surface area contributed by atoms with Crippen molar-refractivity contribution in [2.24, 2.45) is 0 Å². The summed E-state index contributed by atoms with van der Waals surface area (Å²) in [5.41, 5.74) is 1.17. The molecule has 0 heterocycles. The van der Waals surface area contributed by atoms with Crippen LogP contribution in [0.2, 0.25) is 0 Å². The van der Waals surface area contributed by atoms with Gasteiger partial charge in [0.05, 0.1) is 79.3 Å². The van der Waals surface area contributed by atoms with E-state index in [1.807, 2.05) is 30.3 Å². The number of hydrogen-bond donors (Lipinski definition) is 0. The zero-order chi connectivity index (χ0) is 37.1. The third kappa shape index (κ3) is 38.1. The van der Waals surface area contributed by atoms with Crippen molar-refractivity contribution >= 4 is 5.97 Å². The average Bonchev–Trinajstić information content (AvgIpc) is 3.16. The normalized spacial score (nSPS) is 11.4. The molecular weight excluding hydrogens is 660 g/mol. The highest BCUT2D eigenvalue weighted by Gasteiger charge is 2.03. The van der Waals surface area contributed by atoms with E-state index in [1.54, 1.807) is 0 Å². The van der Waals surface area contributed by atoms with Crippen LogP contribution in [0.1, 0.15) is 141 Å². The molecule has 0 bridgehead atoms. The van der Waals surface area contributed by atoms with E-state index in [4.69, 9.17) is 37.9 Å². The monoisotopic (exact) mass is 739 g/mol. The number of esters is 1. The van der Waals surface area contributed by atoms with Gasteiger partial charge in [-0.05, 0) is 24.8 Å². The number of unbranched alkanes of at least 4 members (excludes halogenated alkanes) is 17. The predicted molar refractivity (Wildman–Crippen MR) is 210 cm³/mol. The summed E-state index contributed by atoms with van der Waals surface area (Å²) in [7, 11) is 0. The number of ether oxygens (including phenoxy) is 8. The van der Waals surface area contributed by atoms with Gasteiger partial charge in [-0.3, -0.25) is 4.79 Å². The van der Waals surface area contributed by atoms with E-state index in [0.29, 0.717) is 98.9 Å². The van der Waals surface area contributed by atoms with E-state index in [0.717, 1.165) is 45.1 Å². The van der Waals surface area contributed by atoms with Gasteiger partial charge in [-0.25, -0.2) is 0 Å². The Labute approximate surface area is 318 Å². The molecule has 1 aromatic carbocycles. The number of rotatable bonds is 43. The second-order valence-electron chi connectivity index (χ2n) is 13.5. The second-order valence-corrected chi connectivity index (χ2v) is 13.5. The number of hydrogen-bond acceptors (Lipinski definition) is 9. The fraction of sp³-hybridized carbons (Fsp3) is 0.837. The maximum Gasteiger partial charge on any atom is 0.305 e. The minimum absolute atomic E-state index is 0.0895. The molecule has 0 fully saturated rings. The Hall–Kier alpha value is -1.59. The van der Waals surface area contributed by atoms with Crippen molar-refractivity contribution < 1.29 is 42.7 Å². The SMILES string of the molecule is CCCCCCCCCCCCCCCCCC(=O)OCCOCCCCCCOCCOCCOCCOCCOCCOCc1ccccc1. The maximum atomic E-state index is 11.9. The van der Waals surface area contributed by atoms with Crippen LogP contribution in [0.15, 0.2) is 30.3 Å². The fourth-order valence-corrected chi connectivity index (χ4v) is 5.65. The molecule has 0 aliphatic carbocycles. The van der Waals surface area contributed by atoms with Crippen molar-refractivity contribution in [2.45, 2.75) is 142 Å². The van der Waals surface area contributed by atoms with Crippen LogP contribution in [0.4, 0.5) is 0 Å². The van der Waals surface area contributed by atoms with Gasteiger partial charge in [-0.1, -0.05) is 140 Å². The van der Waals surface area contributed by atoms with E-state index in [9.17, 15) is 4.79 Å². The topological polar surface area (TPSA) is 90.9 Å². The zero-order valence-electron chi connectivity index (χ0n) is 33.3. The van der Waals surface area contributed by atoms with Gasteiger partial charge in [0.25, 0.3) is 0 Å². The zero-order valence-corrected chi connectivity index (χ0v) is 33.3. The Morgan fingerprint density at radius 2 is 0.731 bits per heavy atom. The van der Waals surface area contributed by atoms with E-state index in [-0.39, 0.29) is 5.97 Å². The smallest absolute Gasteiger partial charge is 0.305 e. The first-order valence-corrected chi connectivity index (χ1v) is 21.1. The first-order valence-electron chi connectivity index (χ1n) is 21.1. The van der Waals surface area contributed by atoms with Gasteiger partial charge in [0.2, 0.25) is 0 Å². The molecule has 0 unspecified atom stereocenters.